The van der Waals surface area contributed by atoms with Gasteiger partial charge < -0.3 is 9.64 Å². The van der Waals surface area contributed by atoms with Gasteiger partial charge in [-0.1, -0.05) is 19.3 Å². The molecule has 0 spiro atoms. The predicted octanol–water partition coefficient (Wildman–Crippen LogP) is 2.12. The van der Waals surface area contributed by atoms with E-state index in [0.29, 0.717) is 6.61 Å². The van der Waals surface area contributed by atoms with Gasteiger partial charge in [0.1, 0.15) is 6.04 Å². The van der Waals surface area contributed by atoms with Crippen LogP contribution < -0.4 is 0 Å². The van der Waals surface area contributed by atoms with Crippen LogP contribution in [0.1, 0.15) is 51.9 Å². The highest BCUT2D eigenvalue weighted by molar-refractivity contribution is 5.86. The van der Waals surface area contributed by atoms with Crippen LogP contribution in [0, 0.1) is 5.92 Å². The van der Waals surface area contributed by atoms with Crippen LogP contribution in [0.5, 0.6) is 0 Å². The Morgan fingerprint density at radius 3 is 2.50 bits per heavy atom. The third kappa shape index (κ3) is 2.85. The Bertz CT molecular complexity index is 310. The minimum Gasteiger partial charge on any atom is -0.464 e. The van der Waals surface area contributed by atoms with Crippen molar-refractivity contribution in [2.75, 3.05) is 13.2 Å². The number of amides is 1. The second-order valence-corrected chi connectivity index (χ2v) is 5.28. The molecule has 0 radical (unpaired) electrons. The van der Waals surface area contributed by atoms with Crippen LogP contribution in [0.25, 0.3) is 0 Å². The Morgan fingerprint density at radius 2 is 1.83 bits per heavy atom. The Balaban J connectivity index is 1.97. The van der Waals surface area contributed by atoms with Gasteiger partial charge in [-0.15, -0.1) is 0 Å². The molecule has 102 valence electrons. The Morgan fingerprint density at radius 1 is 1.11 bits per heavy atom. The molecule has 1 saturated carbocycles. The van der Waals surface area contributed by atoms with Gasteiger partial charge in [-0.2, -0.15) is 0 Å². The topological polar surface area (TPSA) is 46.6 Å². The van der Waals surface area contributed by atoms with E-state index in [1.165, 1.54) is 6.42 Å². The lowest BCUT2D eigenvalue weighted by Crippen LogP contribution is -2.44. The summed E-state index contributed by atoms with van der Waals surface area (Å²) in [7, 11) is 0. The van der Waals surface area contributed by atoms with Crippen LogP contribution in [-0.2, 0) is 14.3 Å². The van der Waals surface area contributed by atoms with Crippen molar-refractivity contribution in [1.29, 1.82) is 0 Å². The lowest BCUT2D eigenvalue weighted by molar-refractivity contribution is -0.154. The maximum atomic E-state index is 12.4. The molecule has 1 saturated heterocycles. The van der Waals surface area contributed by atoms with E-state index in [-0.39, 0.29) is 23.8 Å². The molecule has 1 heterocycles. The second-order valence-electron chi connectivity index (χ2n) is 5.28. The van der Waals surface area contributed by atoms with E-state index in [1.54, 1.807) is 11.8 Å². The number of esters is 1. The monoisotopic (exact) mass is 253 g/mol. The number of carbonyl (C=O) groups is 2. The zero-order valence-corrected chi connectivity index (χ0v) is 11.2. The fourth-order valence-corrected chi connectivity index (χ4v) is 3.10. The number of ether oxygens (including phenoxy) is 1. The van der Waals surface area contributed by atoms with Crippen molar-refractivity contribution in [1.82, 2.24) is 4.90 Å². The second kappa shape index (κ2) is 6.21. The summed E-state index contributed by atoms with van der Waals surface area (Å²) in [5.41, 5.74) is 0. The number of carbonyl (C=O) groups excluding carboxylic acids is 2. The summed E-state index contributed by atoms with van der Waals surface area (Å²) in [6, 6.07) is -0.320. The molecule has 0 aromatic rings. The molecule has 1 aliphatic carbocycles. The van der Waals surface area contributed by atoms with E-state index in [9.17, 15) is 9.59 Å². The van der Waals surface area contributed by atoms with Gasteiger partial charge in [-0.05, 0) is 32.6 Å². The maximum Gasteiger partial charge on any atom is 0.328 e. The highest BCUT2D eigenvalue weighted by atomic mass is 16.5. The Labute approximate surface area is 109 Å². The van der Waals surface area contributed by atoms with Gasteiger partial charge in [0.15, 0.2) is 0 Å². The summed E-state index contributed by atoms with van der Waals surface area (Å²) in [5.74, 6) is 0.109. The zero-order valence-electron chi connectivity index (χ0n) is 11.2. The molecule has 18 heavy (non-hydrogen) atoms. The molecular formula is C14H23NO3. The number of rotatable bonds is 3. The van der Waals surface area contributed by atoms with Crippen molar-refractivity contribution in [3.05, 3.63) is 0 Å². The number of hydrogen-bond donors (Lipinski definition) is 0. The summed E-state index contributed by atoms with van der Waals surface area (Å²) in [6.07, 6.45) is 7.20. The third-order valence-corrected chi connectivity index (χ3v) is 4.05. The van der Waals surface area contributed by atoms with Gasteiger partial charge in [0.25, 0.3) is 0 Å². The summed E-state index contributed by atoms with van der Waals surface area (Å²) in [5, 5.41) is 0. The van der Waals surface area contributed by atoms with Crippen LogP contribution >= 0.6 is 0 Å². The molecule has 2 fully saturated rings. The molecule has 4 heteroatoms. The maximum absolute atomic E-state index is 12.4. The molecule has 2 rings (SSSR count). The van der Waals surface area contributed by atoms with E-state index in [0.717, 1.165) is 45.1 Å². The molecule has 2 aliphatic rings. The number of nitrogens with zero attached hydrogens (tertiary/aromatic N) is 1. The molecule has 4 nitrogen and oxygen atoms in total. The van der Waals surface area contributed by atoms with Gasteiger partial charge in [0.05, 0.1) is 6.61 Å². The Hall–Kier alpha value is -1.06. The quantitative estimate of drug-likeness (QED) is 0.724. The van der Waals surface area contributed by atoms with Crippen molar-refractivity contribution in [2.45, 2.75) is 57.9 Å². The van der Waals surface area contributed by atoms with Crippen LogP contribution in [0.4, 0.5) is 0 Å². The fourth-order valence-electron chi connectivity index (χ4n) is 3.10. The smallest absolute Gasteiger partial charge is 0.328 e. The lowest BCUT2D eigenvalue weighted by atomic mass is 9.88. The third-order valence-electron chi connectivity index (χ3n) is 4.05. The van der Waals surface area contributed by atoms with Crippen molar-refractivity contribution in [3.8, 4) is 0 Å². The summed E-state index contributed by atoms with van der Waals surface area (Å²) in [6.45, 7) is 2.92. The average molecular weight is 253 g/mol. The van der Waals surface area contributed by atoms with Crippen molar-refractivity contribution in [3.63, 3.8) is 0 Å². The molecule has 1 aliphatic heterocycles. The molecule has 0 N–H and O–H groups in total. The molecule has 1 atom stereocenters. The van der Waals surface area contributed by atoms with Crippen molar-refractivity contribution in [2.24, 2.45) is 5.92 Å². The first-order chi connectivity index (χ1) is 8.74. The SMILES string of the molecule is CCOC(=O)C1CCCN1C(=O)C1CCCCC1. The van der Waals surface area contributed by atoms with Gasteiger partial charge in [-0.3, -0.25) is 4.79 Å². The van der Waals surface area contributed by atoms with Crippen LogP contribution in [0.2, 0.25) is 0 Å². The van der Waals surface area contributed by atoms with Crippen molar-refractivity contribution < 1.29 is 14.3 Å². The van der Waals surface area contributed by atoms with E-state index in [1.807, 2.05) is 0 Å². The highest BCUT2D eigenvalue weighted by Crippen LogP contribution is 2.29. The van der Waals surface area contributed by atoms with Gasteiger partial charge in [0, 0.05) is 12.5 Å². The van der Waals surface area contributed by atoms with Gasteiger partial charge in [0.2, 0.25) is 5.91 Å². The molecular weight excluding hydrogens is 230 g/mol. The first-order valence-corrected chi connectivity index (χ1v) is 7.21. The fraction of sp³-hybridized carbons (Fsp3) is 0.857. The van der Waals surface area contributed by atoms with E-state index < -0.39 is 0 Å². The van der Waals surface area contributed by atoms with Gasteiger partial charge in [-0.25, -0.2) is 4.79 Å². The number of hydrogen-bond acceptors (Lipinski definition) is 3. The average Bonchev–Trinajstić information content (AvgIpc) is 2.88. The molecule has 1 amide bonds. The largest absolute Gasteiger partial charge is 0.464 e. The first-order valence-electron chi connectivity index (χ1n) is 7.21. The molecule has 0 bridgehead atoms. The summed E-state index contributed by atoms with van der Waals surface area (Å²) in [4.78, 5) is 26.0. The number of likely N-dealkylation sites (tertiary alicyclic amines) is 1. The van der Waals surface area contributed by atoms with E-state index in [2.05, 4.69) is 0 Å². The van der Waals surface area contributed by atoms with Crippen LogP contribution in [-0.4, -0.2) is 36.0 Å². The zero-order chi connectivity index (χ0) is 13.0. The summed E-state index contributed by atoms with van der Waals surface area (Å²) >= 11 is 0. The highest BCUT2D eigenvalue weighted by Gasteiger charge is 2.37. The van der Waals surface area contributed by atoms with Crippen LogP contribution in [0.15, 0.2) is 0 Å². The van der Waals surface area contributed by atoms with Crippen molar-refractivity contribution >= 4 is 11.9 Å². The Kier molecular flexibility index (Phi) is 4.61. The normalized spacial score (nSPS) is 25.2. The minimum absolute atomic E-state index is 0.147. The molecule has 0 aromatic carbocycles. The summed E-state index contributed by atoms with van der Waals surface area (Å²) < 4.78 is 5.06. The molecule has 0 aromatic heterocycles. The van der Waals surface area contributed by atoms with Crippen LogP contribution in [0.3, 0.4) is 0 Å². The first kappa shape index (κ1) is 13.4. The predicted molar refractivity (Wildman–Crippen MR) is 67.9 cm³/mol. The molecule has 1 unspecified atom stereocenters. The van der Waals surface area contributed by atoms with Gasteiger partial charge >= 0.3 is 5.97 Å². The van der Waals surface area contributed by atoms with E-state index in [4.69, 9.17) is 4.74 Å². The van der Waals surface area contributed by atoms with E-state index >= 15 is 0 Å². The lowest BCUT2D eigenvalue weighted by Gasteiger charge is -2.29. The minimum atomic E-state index is -0.320. The standard InChI is InChI=1S/C14H23NO3/c1-2-18-14(17)12-9-6-10-15(12)13(16)11-7-4-3-5-8-11/h11-12H,2-10H2,1H3.